The van der Waals surface area contributed by atoms with Gasteiger partial charge in [0.05, 0.1) is 16.5 Å². The van der Waals surface area contributed by atoms with Crippen LogP contribution < -0.4 is 16.0 Å². The monoisotopic (exact) mass is 427 g/mol. The van der Waals surface area contributed by atoms with Crippen molar-refractivity contribution in [2.75, 3.05) is 18.0 Å². The van der Waals surface area contributed by atoms with Crippen molar-refractivity contribution in [1.29, 1.82) is 0 Å². The van der Waals surface area contributed by atoms with E-state index in [9.17, 15) is 19.7 Å². The van der Waals surface area contributed by atoms with E-state index in [1.807, 2.05) is 12.1 Å². The standard InChI is InChI=1S/C21H25N5O5/c1-3-24(4-2)19-10-7-15(13-22-19)14-23-20(27)6-5-11-25-17-9-8-16(26(29)30)12-18(17)31-21(25)28/h7-10,12-13H,3-6,11,14H2,1-2H3,(H,23,27). The Labute approximate surface area is 178 Å². The van der Waals surface area contributed by atoms with Gasteiger partial charge in [0, 0.05) is 44.9 Å². The first-order valence-electron chi connectivity index (χ1n) is 10.2. The van der Waals surface area contributed by atoms with Gasteiger partial charge in [0.2, 0.25) is 5.91 Å². The number of aryl methyl sites for hydroxylation is 1. The van der Waals surface area contributed by atoms with E-state index in [1.165, 1.54) is 22.8 Å². The fourth-order valence-electron chi connectivity index (χ4n) is 3.32. The Bertz CT molecular complexity index is 1120. The number of nitro groups is 1. The Kier molecular flexibility index (Phi) is 7.01. The highest BCUT2D eigenvalue weighted by Crippen LogP contribution is 2.20. The summed E-state index contributed by atoms with van der Waals surface area (Å²) in [5, 5.41) is 13.7. The maximum atomic E-state index is 12.2. The highest BCUT2D eigenvalue weighted by atomic mass is 16.6. The number of hydrogen-bond acceptors (Lipinski definition) is 7. The molecular formula is C21H25N5O5. The molecule has 0 aliphatic carbocycles. The molecule has 1 aromatic carbocycles. The van der Waals surface area contributed by atoms with Crippen molar-refractivity contribution in [3.05, 3.63) is 62.8 Å². The quantitative estimate of drug-likeness (QED) is 0.390. The molecule has 2 heterocycles. The van der Waals surface area contributed by atoms with Crippen LogP contribution in [0.3, 0.4) is 0 Å². The molecule has 0 saturated heterocycles. The van der Waals surface area contributed by atoms with Crippen molar-refractivity contribution in [2.24, 2.45) is 0 Å². The molecule has 10 nitrogen and oxygen atoms in total. The van der Waals surface area contributed by atoms with Gasteiger partial charge < -0.3 is 14.6 Å². The fraction of sp³-hybridized carbons (Fsp3) is 0.381. The molecule has 0 fully saturated rings. The lowest BCUT2D eigenvalue weighted by molar-refractivity contribution is -0.384. The van der Waals surface area contributed by atoms with Gasteiger partial charge >= 0.3 is 5.76 Å². The lowest BCUT2D eigenvalue weighted by Crippen LogP contribution is -2.24. The zero-order valence-electron chi connectivity index (χ0n) is 17.5. The van der Waals surface area contributed by atoms with E-state index in [-0.39, 0.29) is 30.1 Å². The van der Waals surface area contributed by atoms with E-state index in [1.54, 1.807) is 6.20 Å². The van der Waals surface area contributed by atoms with Crippen LogP contribution >= 0.6 is 0 Å². The summed E-state index contributed by atoms with van der Waals surface area (Å²) in [6.45, 7) is 6.56. The molecule has 0 unspecified atom stereocenters. The first kappa shape index (κ1) is 22.0. The van der Waals surface area contributed by atoms with Gasteiger partial charge in [-0.3, -0.25) is 19.5 Å². The molecule has 0 atom stereocenters. The van der Waals surface area contributed by atoms with E-state index in [2.05, 4.69) is 29.0 Å². The molecule has 10 heteroatoms. The molecule has 0 spiro atoms. The number of anilines is 1. The van der Waals surface area contributed by atoms with Gasteiger partial charge in [-0.2, -0.15) is 0 Å². The number of nitrogens with one attached hydrogen (secondary N) is 1. The summed E-state index contributed by atoms with van der Waals surface area (Å²) in [6, 6.07) is 7.90. The van der Waals surface area contributed by atoms with Crippen molar-refractivity contribution >= 4 is 28.5 Å². The minimum Gasteiger partial charge on any atom is -0.407 e. The smallest absolute Gasteiger partial charge is 0.407 e. The van der Waals surface area contributed by atoms with E-state index < -0.39 is 10.7 Å². The molecule has 0 aliphatic rings. The average molecular weight is 427 g/mol. The molecule has 3 rings (SSSR count). The second-order valence-electron chi connectivity index (χ2n) is 7.01. The number of benzene rings is 1. The molecule has 1 amide bonds. The van der Waals surface area contributed by atoms with Crippen LogP contribution in [-0.4, -0.2) is 33.5 Å². The summed E-state index contributed by atoms with van der Waals surface area (Å²) < 4.78 is 6.46. The molecule has 1 N–H and O–H groups in total. The number of carbonyl (C=O) groups excluding carboxylic acids is 1. The summed E-state index contributed by atoms with van der Waals surface area (Å²) in [4.78, 5) is 41.1. The van der Waals surface area contributed by atoms with E-state index >= 15 is 0 Å². The highest BCUT2D eigenvalue weighted by Gasteiger charge is 2.14. The Hall–Kier alpha value is -3.69. The number of amides is 1. The summed E-state index contributed by atoms with van der Waals surface area (Å²) >= 11 is 0. The molecule has 0 bridgehead atoms. The second-order valence-corrected chi connectivity index (χ2v) is 7.01. The van der Waals surface area contributed by atoms with E-state index in [0.29, 0.717) is 18.5 Å². The Morgan fingerprint density at radius 1 is 1.26 bits per heavy atom. The summed E-state index contributed by atoms with van der Waals surface area (Å²) in [5.74, 6) is 0.169. The number of fused-ring (bicyclic) bond motifs is 1. The van der Waals surface area contributed by atoms with Crippen LogP contribution in [0.2, 0.25) is 0 Å². The number of carbonyl (C=O) groups is 1. The maximum absolute atomic E-state index is 12.2. The topological polar surface area (TPSA) is 124 Å². The van der Waals surface area contributed by atoms with Crippen LogP contribution in [0.15, 0.2) is 45.7 Å². The SMILES string of the molecule is CCN(CC)c1ccc(CNC(=O)CCCn2c(=O)oc3cc([N+](=O)[O-])ccc32)cn1. The molecule has 0 saturated carbocycles. The first-order valence-corrected chi connectivity index (χ1v) is 10.2. The third-order valence-corrected chi connectivity index (χ3v) is 5.03. The van der Waals surface area contributed by atoms with Crippen LogP contribution in [0.5, 0.6) is 0 Å². The third kappa shape index (κ3) is 5.27. The van der Waals surface area contributed by atoms with Crippen molar-refractivity contribution in [2.45, 2.75) is 39.8 Å². The minimum atomic E-state index is -0.602. The predicted octanol–water partition coefficient (Wildman–Crippen LogP) is 2.84. The Morgan fingerprint density at radius 3 is 2.68 bits per heavy atom. The van der Waals surface area contributed by atoms with Crippen LogP contribution in [0.1, 0.15) is 32.3 Å². The summed E-state index contributed by atoms with van der Waals surface area (Å²) in [7, 11) is 0. The molecule has 2 aromatic heterocycles. The number of nitro benzene ring substituents is 1. The van der Waals surface area contributed by atoms with Gasteiger partial charge in [-0.1, -0.05) is 6.07 Å². The van der Waals surface area contributed by atoms with Crippen LogP contribution in [0.25, 0.3) is 11.1 Å². The summed E-state index contributed by atoms with van der Waals surface area (Å²) in [5.41, 5.74) is 1.38. The normalized spacial score (nSPS) is 10.9. The Morgan fingerprint density at radius 2 is 2.03 bits per heavy atom. The highest BCUT2D eigenvalue weighted by molar-refractivity contribution is 5.76. The first-order chi connectivity index (χ1) is 14.9. The number of non-ortho nitro benzene ring substituents is 1. The molecule has 0 aliphatic heterocycles. The van der Waals surface area contributed by atoms with Gasteiger partial charge in [0.25, 0.3) is 5.69 Å². The van der Waals surface area contributed by atoms with E-state index in [0.717, 1.165) is 24.5 Å². The lowest BCUT2D eigenvalue weighted by atomic mass is 10.2. The largest absolute Gasteiger partial charge is 0.419 e. The minimum absolute atomic E-state index is 0.135. The summed E-state index contributed by atoms with van der Waals surface area (Å²) in [6.07, 6.45) is 2.41. The maximum Gasteiger partial charge on any atom is 0.419 e. The molecule has 31 heavy (non-hydrogen) atoms. The van der Waals surface area contributed by atoms with Crippen molar-refractivity contribution < 1.29 is 14.1 Å². The number of pyridine rings is 1. The van der Waals surface area contributed by atoms with Gasteiger partial charge in [-0.05, 0) is 38.0 Å². The molecular weight excluding hydrogens is 402 g/mol. The van der Waals surface area contributed by atoms with Crippen LogP contribution in [0.4, 0.5) is 11.5 Å². The van der Waals surface area contributed by atoms with Crippen molar-refractivity contribution in [3.8, 4) is 0 Å². The van der Waals surface area contributed by atoms with Gasteiger partial charge in [0.15, 0.2) is 5.58 Å². The van der Waals surface area contributed by atoms with Gasteiger partial charge in [-0.25, -0.2) is 9.78 Å². The predicted molar refractivity (Wildman–Crippen MR) is 116 cm³/mol. The third-order valence-electron chi connectivity index (χ3n) is 5.03. The van der Waals surface area contributed by atoms with Gasteiger partial charge in [0.1, 0.15) is 5.82 Å². The number of aromatic nitrogens is 2. The van der Waals surface area contributed by atoms with Crippen LogP contribution in [-0.2, 0) is 17.9 Å². The number of oxazole rings is 1. The molecule has 164 valence electrons. The number of hydrogen-bond donors (Lipinski definition) is 1. The van der Waals surface area contributed by atoms with Crippen molar-refractivity contribution in [1.82, 2.24) is 14.9 Å². The zero-order valence-corrected chi connectivity index (χ0v) is 17.5. The molecule has 3 aromatic rings. The fourth-order valence-corrected chi connectivity index (χ4v) is 3.32. The zero-order chi connectivity index (χ0) is 22.4. The average Bonchev–Trinajstić information content (AvgIpc) is 3.08. The van der Waals surface area contributed by atoms with Crippen molar-refractivity contribution in [3.63, 3.8) is 0 Å². The van der Waals surface area contributed by atoms with Crippen LogP contribution in [0, 0.1) is 10.1 Å². The number of nitrogens with zero attached hydrogens (tertiary/aromatic N) is 4. The van der Waals surface area contributed by atoms with E-state index in [4.69, 9.17) is 4.42 Å². The number of rotatable bonds is 10. The second kappa shape index (κ2) is 9.88. The molecule has 0 radical (unpaired) electrons. The van der Waals surface area contributed by atoms with Gasteiger partial charge in [-0.15, -0.1) is 0 Å². The lowest BCUT2D eigenvalue weighted by Gasteiger charge is -2.19. The Balaban J connectivity index is 1.51.